The number of anilines is 1. The van der Waals surface area contributed by atoms with Crippen LogP contribution in [0.2, 0.25) is 0 Å². The van der Waals surface area contributed by atoms with Crippen LogP contribution in [0.3, 0.4) is 0 Å². The van der Waals surface area contributed by atoms with E-state index in [0.717, 1.165) is 15.9 Å². The minimum atomic E-state index is 0.204. The molecule has 1 aromatic rings. The highest BCUT2D eigenvalue weighted by molar-refractivity contribution is 9.10. The first kappa shape index (κ1) is 11.4. The molecule has 1 atom stereocenters. The largest absolute Gasteiger partial charge is 0.489 e. The van der Waals surface area contributed by atoms with Crippen molar-refractivity contribution in [3.05, 3.63) is 22.7 Å². The van der Waals surface area contributed by atoms with Crippen molar-refractivity contribution in [3.63, 3.8) is 0 Å². The molecule has 0 aromatic heterocycles. The minimum absolute atomic E-state index is 0.204. The van der Waals surface area contributed by atoms with Crippen molar-refractivity contribution in [1.29, 1.82) is 0 Å². The molecular weight excluding hydrogens is 242 g/mol. The van der Waals surface area contributed by atoms with Crippen LogP contribution < -0.4 is 10.5 Å². The maximum Gasteiger partial charge on any atom is 0.134 e. The Morgan fingerprint density at radius 2 is 1.93 bits per heavy atom. The molecule has 0 aliphatic rings. The zero-order valence-corrected chi connectivity index (χ0v) is 10.3. The molecule has 0 saturated heterocycles. The summed E-state index contributed by atoms with van der Waals surface area (Å²) < 4.78 is 6.67. The van der Waals surface area contributed by atoms with E-state index in [-0.39, 0.29) is 6.10 Å². The summed E-state index contributed by atoms with van der Waals surface area (Å²) in [6.07, 6.45) is 0.204. The number of hydrogen-bond acceptors (Lipinski definition) is 2. The fourth-order valence-electron chi connectivity index (χ4n) is 0.949. The second-order valence-corrected chi connectivity index (χ2v) is 4.61. The normalized spacial score (nSPS) is 12.9. The number of nitrogen functional groups attached to an aromatic ring is 1. The van der Waals surface area contributed by atoms with Crippen LogP contribution in [-0.2, 0) is 0 Å². The van der Waals surface area contributed by atoms with E-state index in [1.165, 1.54) is 0 Å². The van der Waals surface area contributed by atoms with Gasteiger partial charge in [0.1, 0.15) is 5.75 Å². The second-order valence-electron chi connectivity index (χ2n) is 3.76. The van der Waals surface area contributed by atoms with Crippen LogP contribution in [0, 0.1) is 5.92 Å². The van der Waals surface area contributed by atoms with Crippen molar-refractivity contribution in [1.82, 2.24) is 0 Å². The highest BCUT2D eigenvalue weighted by Gasteiger charge is 2.10. The summed E-state index contributed by atoms with van der Waals surface area (Å²) in [5, 5.41) is 0. The maximum absolute atomic E-state index is 5.76. The summed E-state index contributed by atoms with van der Waals surface area (Å²) in [5.74, 6) is 1.35. The van der Waals surface area contributed by atoms with Crippen molar-refractivity contribution in [3.8, 4) is 5.75 Å². The second kappa shape index (κ2) is 4.69. The van der Waals surface area contributed by atoms with Crippen LogP contribution in [0.25, 0.3) is 0 Å². The number of rotatable bonds is 3. The molecule has 0 spiro atoms. The van der Waals surface area contributed by atoms with Gasteiger partial charge in [0.15, 0.2) is 0 Å². The highest BCUT2D eigenvalue weighted by Crippen LogP contribution is 2.28. The third kappa shape index (κ3) is 2.91. The van der Waals surface area contributed by atoms with Crippen molar-refractivity contribution in [2.45, 2.75) is 26.9 Å². The predicted octanol–water partition coefficient (Wildman–Crippen LogP) is 3.45. The topological polar surface area (TPSA) is 35.2 Å². The standard InChI is InChI=1S/C11H16BrNO/c1-7(2)8(3)14-11-5-4-9(13)6-10(11)12/h4-8H,13H2,1-3H3. The molecule has 0 aliphatic carbocycles. The number of nitrogens with two attached hydrogens (primary N) is 1. The van der Waals surface area contributed by atoms with E-state index in [9.17, 15) is 0 Å². The van der Waals surface area contributed by atoms with Crippen LogP contribution in [0.5, 0.6) is 5.75 Å². The quantitative estimate of drug-likeness (QED) is 0.842. The Morgan fingerprint density at radius 3 is 2.43 bits per heavy atom. The molecule has 14 heavy (non-hydrogen) atoms. The van der Waals surface area contributed by atoms with E-state index in [0.29, 0.717) is 5.92 Å². The molecule has 0 fully saturated rings. The molecule has 0 heterocycles. The summed E-state index contributed by atoms with van der Waals surface area (Å²) in [7, 11) is 0. The molecule has 1 unspecified atom stereocenters. The van der Waals surface area contributed by atoms with E-state index in [4.69, 9.17) is 10.5 Å². The van der Waals surface area contributed by atoms with Gasteiger partial charge < -0.3 is 10.5 Å². The Labute approximate surface area is 93.6 Å². The number of ether oxygens (including phenoxy) is 1. The van der Waals surface area contributed by atoms with Crippen LogP contribution in [0.4, 0.5) is 5.69 Å². The lowest BCUT2D eigenvalue weighted by Crippen LogP contribution is -2.18. The van der Waals surface area contributed by atoms with Gasteiger partial charge in [-0.25, -0.2) is 0 Å². The molecule has 0 bridgehead atoms. The summed E-state index contributed by atoms with van der Waals surface area (Å²) in [5.41, 5.74) is 6.37. The van der Waals surface area contributed by atoms with E-state index in [1.807, 2.05) is 18.2 Å². The lowest BCUT2D eigenvalue weighted by molar-refractivity contribution is 0.169. The van der Waals surface area contributed by atoms with Crippen LogP contribution in [0.1, 0.15) is 20.8 Å². The van der Waals surface area contributed by atoms with Gasteiger partial charge in [-0.15, -0.1) is 0 Å². The molecule has 2 nitrogen and oxygen atoms in total. The molecule has 2 N–H and O–H groups in total. The number of halogens is 1. The average molecular weight is 258 g/mol. The van der Waals surface area contributed by atoms with Gasteiger partial charge in [0.05, 0.1) is 10.6 Å². The molecule has 0 saturated carbocycles. The smallest absolute Gasteiger partial charge is 0.134 e. The fourth-order valence-corrected chi connectivity index (χ4v) is 1.44. The highest BCUT2D eigenvalue weighted by atomic mass is 79.9. The van der Waals surface area contributed by atoms with Crippen LogP contribution in [-0.4, -0.2) is 6.10 Å². The van der Waals surface area contributed by atoms with E-state index in [2.05, 4.69) is 36.7 Å². The van der Waals surface area contributed by atoms with Gasteiger partial charge in [-0.1, -0.05) is 13.8 Å². The third-order valence-electron chi connectivity index (χ3n) is 2.21. The molecule has 0 radical (unpaired) electrons. The zero-order valence-electron chi connectivity index (χ0n) is 8.75. The third-order valence-corrected chi connectivity index (χ3v) is 2.83. The van der Waals surface area contributed by atoms with E-state index in [1.54, 1.807) is 0 Å². The molecule has 3 heteroatoms. The van der Waals surface area contributed by atoms with Gasteiger partial charge in [-0.3, -0.25) is 0 Å². The van der Waals surface area contributed by atoms with Gasteiger partial charge in [0.2, 0.25) is 0 Å². The Balaban J connectivity index is 2.77. The molecule has 1 rings (SSSR count). The maximum atomic E-state index is 5.76. The number of hydrogen-bond donors (Lipinski definition) is 1. The zero-order chi connectivity index (χ0) is 10.7. The van der Waals surface area contributed by atoms with Crippen LogP contribution >= 0.6 is 15.9 Å². The average Bonchev–Trinajstić information content (AvgIpc) is 2.09. The molecular formula is C11H16BrNO. The summed E-state index contributed by atoms with van der Waals surface area (Å²) >= 11 is 3.42. The first-order chi connectivity index (χ1) is 6.50. The van der Waals surface area contributed by atoms with Gasteiger partial charge in [-0.2, -0.15) is 0 Å². The van der Waals surface area contributed by atoms with Crippen LogP contribution in [0.15, 0.2) is 22.7 Å². The lowest BCUT2D eigenvalue weighted by Gasteiger charge is -2.19. The van der Waals surface area contributed by atoms with Crippen molar-refractivity contribution >= 4 is 21.6 Å². The molecule has 0 aliphatic heterocycles. The first-order valence-electron chi connectivity index (χ1n) is 4.72. The van der Waals surface area contributed by atoms with Crippen molar-refractivity contribution < 1.29 is 4.74 Å². The molecule has 78 valence electrons. The Hall–Kier alpha value is -0.700. The Kier molecular flexibility index (Phi) is 3.81. The summed E-state index contributed by atoms with van der Waals surface area (Å²) in [6.45, 7) is 6.33. The molecule has 0 amide bonds. The Bertz CT molecular complexity index is 312. The SMILES string of the molecule is CC(C)C(C)Oc1ccc(N)cc1Br. The fraction of sp³-hybridized carbons (Fsp3) is 0.455. The Morgan fingerprint density at radius 1 is 1.29 bits per heavy atom. The van der Waals surface area contributed by atoms with Gasteiger partial charge in [-0.05, 0) is 47.0 Å². The van der Waals surface area contributed by atoms with E-state index < -0.39 is 0 Å². The van der Waals surface area contributed by atoms with E-state index >= 15 is 0 Å². The number of benzene rings is 1. The van der Waals surface area contributed by atoms with Gasteiger partial charge in [0, 0.05) is 5.69 Å². The predicted molar refractivity (Wildman–Crippen MR) is 63.5 cm³/mol. The van der Waals surface area contributed by atoms with Gasteiger partial charge in [0.25, 0.3) is 0 Å². The summed E-state index contributed by atoms with van der Waals surface area (Å²) in [6, 6.07) is 5.58. The van der Waals surface area contributed by atoms with Crippen molar-refractivity contribution in [2.75, 3.05) is 5.73 Å². The monoisotopic (exact) mass is 257 g/mol. The molecule has 1 aromatic carbocycles. The minimum Gasteiger partial charge on any atom is -0.489 e. The summed E-state index contributed by atoms with van der Waals surface area (Å²) in [4.78, 5) is 0. The lowest BCUT2D eigenvalue weighted by atomic mass is 10.1. The van der Waals surface area contributed by atoms with Gasteiger partial charge >= 0.3 is 0 Å². The first-order valence-corrected chi connectivity index (χ1v) is 5.51. The van der Waals surface area contributed by atoms with Crippen molar-refractivity contribution in [2.24, 2.45) is 5.92 Å².